The van der Waals surface area contributed by atoms with Gasteiger partial charge in [0.1, 0.15) is 12.4 Å². The van der Waals surface area contributed by atoms with Crippen LogP contribution in [-0.4, -0.2) is 21.1 Å². The molecule has 3 rings (SSSR count). The molecule has 5 nitrogen and oxygen atoms in total. The molecule has 0 saturated heterocycles. The van der Waals surface area contributed by atoms with Crippen molar-refractivity contribution in [3.05, 3.63) is 76.3 Å². The summed E-state index contributed by atoms with van der Waals surface area (Å²) in [5.74, 6) is 1.57. The molecule has 1 N–H and O–H groups in total. The van der Waals surface area contributed by atoms with Crippen molar-refractivity contribution < 1.29 is 4.74 Å². The van der Waals surface area contributed by atoms with E-state index in [-0.39, 0.29) is 0 Å². The standard InChI is InChI=1S/C18H18N4OS/c1-2-17-20-21-18(24)22(17)19-12-15-10-6-7-11-16(15)23-13-14-8-4-3-5-9-14/h3-12H,2,13H2,1H3,(H,21,24). The molecule has 0 atom stereocenters. The zero-order valence-electron chi connectivity index (χ0n) is 13.3. The highest BCUT2D eigenvalue weighted by Crippen LogP contribution is 2.18. The number of aromatic nitrogens is 3. The molecular formula is C18H18N4OS. The molecule has 24 heavy (non-hydrogen) atoms. The Balaban J connectivity index is 1.80. The topological polar surface area (TPSA) is 55.2 Å². The molecule has 122 valence electrons. The van der Waals surface area contributed by atoms with E-state index in [0.29, 0.717) is 11.4 Å². The Hall–Kier alpha value is -2.73. The average Bonchev–Trinajstić information content (AvgIpc) is 2.99. The Bertz CT molecular complexity index is 883. The van der Waals surface area contributed by atoms with Crippen molar-refractivity contribution in [3.8, 4) is 5.75 Å². The summed E-state index contributed by atoms with van der Waals surface area (Å²) in [7, 11) is 0. The van der Waals surface area contributed by atoms with Crippen LogP contribution in [0.3, 0.4) is 0 Å². The Morgan fingerprint density at radius 1 is 1.17 bits per heavy atom. The predicted molar refractivity (Wildman–Crippen MR) is 97.0 cm³/mol. The number of nitrogens with zero attached hydrogens (tertiary/aromatic N) is 3. The maximum Gasteiger partial charge on any atom is 0.216 e. The van der Waals surface area contributed by atoms with E-state index in [9.17, 15) is 0 Å². The molecule has 1 heterocycles. The number of aromatic amines is 1. The maximum absolute atomic E-state index is 5.93. The molecule has 0 fully saturated rings. The first-order valence-corrected chi connectivity index (χ1v) is 8.15. The highest BCUT2D eigenvalue weighted by atomic mass is 32.1. The Labute approximate surface area is 145 Å². The van der Waals surface area contributed by atoms with Gasteiger partial charge in [0.15, 0.2) is 5.82 Å². The second-order valence-corrected chi connectivity index (χ2v) is 5.55. The lowest BCUT2D eigenvalue weighted by Crippen LogP contribution is -2.00. The molecule has 0 bridgehead atoms. The lowest BCUT2D eigenvalue weighted by molar-refractivity contribution is 0.306. The fraction of sp³-hybridized carbons (Fsp3) is 0.167. The van der Waals surface area contributed by atoms with Gasteiger partial charge in [-0.15, -0.1) is 0 Å². The highest BCUT2D eigenvalue weighted by molar-refractivity contribution is 7.71. The van der Waals surface area contributed by atoms with E-state index in [1.54, 1.807) is 10.9 Å². The average molecular weight is 338 g/mol. The number of nitrogens with one attached hydrogen (secondary N) is 1. The fourth-order valence-electron chi connectivity index (χ4n) is 2.25. The van der Waals surface area contributed by atoms with Crippen LogP contribution < -0.4 is 4.74 Å². The summed E-state index contributed by atoms with van der Waals surface area (Å²) in [6.07, 6.45) is 2.49. The van der Waals surface area contributed by atoms with Crippen molar-refractivity contribution in [1.82, 2.24) is 14.9 Å². The van der Waals surface area contributed by atoms with Crippen LogP contribution in [0.1, 0.15) is 23.9 Å². The first-order chi connectivity index (χ1) is 11.8. The molecule has 0 amide bonds. The van der Waals surface area contributed by atoms with E-state index in [0.717, 1.165) is 29.1 Å². The van der Waals surface area contributed by atoms with Crippen molar-refractivity contribution in [1.29, 1.82) is 0 Å². The molecule has 0 aliphatic carbocycles. The van der Waals surface area contributed by atoms with Gasteiger partial charge in [0.05, 0.1) is 6.21 Å². The van der Waals surface area contributed by atoms with Crippen LogP contribution in [0.2, 0.25) is 0 Å². The number of para-hydroxylation sites is 1. The minimum absolute atomic E-state index is 0.478. The zero-order valence-corrected chi connectivity index (χ0v) is 14.2. The van der Waals surface area contributed by atoms with Gasteiger partial charge in [0, 0.05) is 12.0 Å². The first kappa shape index (κ1) is 16.1. The van der Waals surface area contributed by atoms with Gasteiger partial charge in [-0.3, -0.25) is 5.10 Å². The number of benzene rings is 2. The smallest absolute Gasteiger partial charge is 0.216 e. The van der Waals surface area contributed by atoms with E-state index in [1.807, 2.05) is 61.5 Å². The van der Waals surface area contributed by atoms with Crippen LogP contribution in [0.5, 0.6) is 5.75 Å². The van der Waals surface area contributed by atoms with Crippen molar-refractivity contribution in [2.24, 2.45) is 5.10 Å². The van der Waals surface area contributed by atoms with E-state index in [1.165, 1.54) is 0 Å². The number of ether oxygens (including phenoxy) is 1. The van der Waals surface area contributed by atoms with Crippen LogP contribution in [0.4, 0.5) is 0 Å². The third-order valence-electron chi connectivity index (χ3n) is 3.50. The largest absolute Gasteiger partial charge is 0.488 e. The first-order valence-electron chi connectivity index (χ1n) is 7.74. The summed E-state index contributed by atoms with van der Waals surface area (Å²) < 4.78 is 8.04. The molecule has 0 aliphatic rings. The van der Waals surface area contributed by atoms with Crippen molar-refractivity contribution in [2.75, 3.05) is 0 Å². The number of rotatable bonds is 6. The summed E-state index contributed by atoms with van der Waals surface area (Å²) in [5, 5.41) is 11.3. The summed E-state index contributed by atoms with van der Waals surface area (Å²) in [5.41, 5.74) is 2.01. The van der Waals surface area contributed by atoms with E-state index in [4.69, 9.17) is 17.0 Å². The zero-order chi connectivity index (χ0) is 16.8. The number of hydrogen-bond donors (Lipinski definition) is 1. The quantitative estimate of drug-likeness (QED) is 0.547. The summed E-state index contributed by atoms with van der Waals surface area (Å²) in [6.45, 7) is 2.52. The maximum atomic E-state index is 5.93. The van der Waals surface area contributed by atoms with Gasteiger partial charge in [-0.1, -0.05) is 49.4 Å². The van der Waals surface area contributed by atoms with E-state index in [2.05, 4.69) is 15.3 Å². The number of hydrogen-bond acceptors (Lipinski definition) is 4. The fourth-order valence-corrected chi connectivity index (χ4v) is 2.44. The number of aryl methyl sites for hydroxylation is 1. The van der Waals surface area contributed by atoms with Crippen LogP contribution >= 0.6 is 12.2 Å². The van der Waals surface area contributed by atoms with Crippen LogP contribution in [0, 0.1) is 4.77 Å². The Morgan fingerprint density at radius 3 is 2.71 bits per heavy atom. The van der Waals surface area contributed by atoms with Gasteiger partial charge in [-0.25, -0.2) is 0 Å². The second kappa shape index (κ2) is 7.70. The molecule has 0 radical (unpaired) electrons. The third kappa shape index (κ3) is 3.78. The van der Waals surface area contributed by atoms with Gasteiger partial charge in [0.25, 0.3) is 0 Å². The minimum Gasteiger partial charge on any atom is -0.488 e. The Morgan fingerprint density at radius 2 is 1.92 bits per heavy atom. The molecule has 6 heteroatoms. The van der Waals surface area contributed by atoms with Crippen molar-refractivity contribution in [2.45, 2.75) is 20.0 Å². The SMILES string of the molecule is CCc1n[nH]c(=S)n1N=Cc1ccccc1OCc1ccccc1. The molecule has 1 aromatic heterocycles. The lowest BCUT2D eigenvalue weighted by atomic mass is 10.2. The summed E-state index contributed by atoms with van der Waals surface area (Å²) in [6, 6.07) is 17.8. The molecule has 2 aromatic carbocycles. The monoisotopic (exact) mass is 338 g/mol. The summed E-state index contributed by atoms with van der Waals surface area (Å²) >= 11 is 5.20. The molecule has 0 saturated carbocycles. The molecule has 0 aliphatic heterocycles. The van der Waals surface area contributed by atoms with E-state index >= 15 is 0 Å². The van der Waals surface area contributed by atoms with Gasteiger partial charge < -0.3 is 4.74 Å². The van der Waals surface area contributed by atoms with Gasteiger partial charge in [0.2, 0.25) is 4.77 Å². The molecule has 0 spiro atoms. The van der Waals surface area contributed by atoms with Gasteiger partial charge >= 0.3 is 0 Å². The highest BCUT2D eigenvalue weighted by Gasteiger charge is 2.04. The van der Waals surface area contributed by atoms with Crippen molar-refractivity contribution in [3.63, 3.8) is 0 Å². The number of H-pyrrole nitrogens is 1. The molecule has 0 unspecified atom stereocenters. The van der Waals surface area contributed by atoms with Gasteiger partial charge in [-0.05, 0) is 29.9 Å². The minimum atomic E-state index is 0.478. The van der Waals surface area contributed by atoms with E-state index < -0.39 is 0 Å². The predicted octanol–water partition coefficient (Wildman–Crippen LogP) is 3.96. The molecular weight excluding hydrogens is 320 g/mol. The van der Waals surface area contributed by atoms with Gasteiger partial charge in [-0.2, -0.15) is 14.9 Å². The van der Waals surface area contributed by atoms with Crippen LogP contribution in [-0.2, 0) is 13.0 Å². The Kier molecular flexibility index (Phi) is 5.18. The molecule has 3 aromatic rings. The van der Waals surface area contributed by atoms with Crippen LogP contribution in [0.25, 0.3) is 0 Å². The normalized spacial score (nSPS) is 11.0. The summed E-state index contributed by atoms with van der Waals surface area (Å²) in [4.78, 5) is 0. The lowest BCUT2D eigenvalue weighted by Gasteiger charge is -2.09. The van der Waals surface area contributed by atoms with Crippen LogP contribution in [0.15, 0.2) is 59.7 Å². The third-order valence-corrected chi connectivity index (χ3v) is 3.77. The second-order valence-electron chi connectivity index (χ2n) is 5.17. The van der Waals surface area contributed by atoms with Crippen molar-refractivity contribution >= 4 is 18.4 Å².